The fourth-order valence-electron chi connectivity index (χ4n) is 3.78. The van der Waals surface area contributed by atoms with Crippen molar-refractivity contribution in [2.24, 2.45) is 19.2 Å². The van der Waals surface area contributed by atoms with Crippen LogP contribution in [0.15, 0.2) is 63.2 Å². The summed E-state index contributed by atoms with van der Waals surface area (Å²) in [5.41, 5.74) is 4.40. The number of fused-ring (bicyclic) bond motifs is 1. The molecule has 36 heavy (non-hydrogen) atoms. The molecule has 0 saturated heterocycles. The van der Waals surface area contributed by atoms with E-state index in [0.717, 1.165) is 15.7 Å². The van der Waals surface area contributed by atoms with Crippen molar-refractivity contribution in [2.75, 3.05) is 12.0 Å². The second-order valence-corrected chi connectivity index (χ2v) is 8.51. The van der Waals surface area contributed by atoms with Gasteiger partial charge in [-0.3, -0.25) is 13.9 Å². The first kappa shape index (κ1) is 24.7. The monoisotopic (exact) mass is 492 g/mol. The number of aromatic hydroxyl groups is 1. The zero-order chi connectivity index (χ0) is 26.0. The number of hydrogen-bond acceptors (Lipinski definition) is 8. The second kappa shape index (κ2) is 10.1. The molecule has 0 aliphatic heterocycles. The summed E-state index contributed by atoms with van der Waals surface area (Å²) in [4.78, 5) is 29.9. The highest BCUT2D eigenvalue weighted by molar-refractivity contribution is 5.99. The summed E-state index contributed by atoms with van der Waals surface area (Å²) in [7, 11) is 2.91. The van der Waals surface area contributed by atoms with Gasteiger partial charge in [0.05, 0.1) is 12.3 Å². The lowest BCUT2D eigenvalue weighted by molar-refractivity contribution is 0.0935. The lowest BCUT2D eigenvalue weighted by Crippen LogP contribution is -2.38. The van der Waals surface area contributed by atoms with E-state index < -0.39 is 17.4 Å². The number of ether oxygens (including phenoxy) is 1. The van der Waals surface area contributed by atoms with Crippen LogP contribution in [-0.2, 0) is 20.6 Å². The molecular formula is C25H28N6O5. The number of aryl methyl sites for hydroxylation is 2. The van der Waals surface area contributed by atoms with Gasteiger partial charge in [-0.1, -0.05) is 18.2 Å². The summed E-state index contributed by atoms with van der Waals surface area (Å²) < 4.78 is 9.53. The Hall–Kier alpha value is -4.38. The van der Waals surface area contributed by atoms with E-state index in [1.54, 1.807) is 31.2 Å². The maximum atomic E-state index is 13.0. The quantitative estimate of drug-likeness (QED) is 0.252. The van der Waals surface area contributed by atoms with Crippen LogP contribution in [-0.4, -0.2) is 47.3 Å². The van der Waals surface area contributed by atoms with Crippen LogP contribution in [0.3, 0.4) is 0 Å². The van der Waals surface area contributed by atoms with Gasteiger partial charge in [0.15, 0.2) is 11.2 Å². The average Bonchev–Trinajstić information content (AvgIpc) is 3.22. The number of nitrogens with zero attached hydrogens (tertiary/aromatic N) is 5. The Morgan fingerprint density at radius 1 is 1.11 bits per heavy atom. The van der Waals surface area contributed by atoms with Crippen molar-refractivity contribution >= 4 is 22.8 Å². The van der Waals surface area contributed by atoms with Crippen molar-refractivity contribution < 1.29 is 14.9 Å². The lowest BCUT2D eigenvalue weighted by atomic mass is 10.1. The molecule has 0 aliphatic carbocycles. The van der Waals surface area contributed by atoms with E-state index in [1.165, 1.54) is 23.2 Å². The number of hydrazone groups is 1. The van der Waals surface area contributed by atoms with Crippen LogP contribution in [0.4, 0.5) is 5.95 Å². The van der Waals surface area contributed by atoms with Gasteiger partial charge in [0.1, 0.15) is 24.2 Å². The molecule has 0 amide bonds. The van der Waals surface area contributed by atoms with Gasteiger partial charge in [-0.2, -0.15) is 10.1 Å². The van der Waals surface area contributed by atoms with E-state index in [0.29, 0.717) is 11.5 Å². The number of benzene rings is 2. The van der Waals surface area contributed by atoms with Gasteiger partial charge in [-0.25, -0.2) is 10.2 Å². The molecule has 0 bridgehead atoms. The van der Waals surface area contributed by atoms with Crippen molar-refractivity contribution in [3.63, 3.8) is 0 Å². The number of nitrogens with one attached hydrogen (secondary N) is 1. The predicted molar refractivity (Wildman–Crippen MR) is 137 cm³/mol. The van der Waals surface area contributed by atoms with E-state index in [9.17, 15) is 19.8 Å². The minimum Gasteiger partial charge on any atom is -0.508 e. The maximum Gasteiger partial charge on any atom is 0.332 e. The van der Waals surface area contributed by atoms with Crippen molar-refractivity contribution in [1.29, 1.82) is 0 Å². The zero-order valence-corrected chi connectivity index (χ0v) is 20.5. The number of aliphatic hydroxyl groups is 1. The molecule has 0 aliphatic rings. The minimum absolute atomic E-state index is 0.0220. The van der Waals surface area contributed by atoms with Crippen molar-refractivity contribution in [2.45, 2.75) is 26.5 Å². The fourth-order valence-corrected chi connectivity index (χ4v) is 3.78. The number of hydrogen-bond donors (Lipinski definition) is 3. The highest BCUT2D eigenvalue weighted by Gasteiger charge is 2.21. The third kappa shape index (κ3) is 4.86. The summed E-state index contributed by atoms with van der Waals surface area (Å²) in [5.74, 6) is 0.967. The average molecular weight is 493 g/mol. The van der Waals surface area contributed by atoms with Crippen LogP contribution >= 0.6 is 0 Å². The molecular weight excluding hydrogens is 464 g/mol. The van der Waals surface area contributed by atoms with Gasteiger partial charge in [-0.05, 0) is 55.3 Å². The topological polar surface area (TPSA) is 136 Å². The third-order valence-electron chi connectivity index (χ3n) is 5.87. The van der Waals surface area contributed by atoms with Crippen LogP contribution in [0.1, 0.15) is 18.1 Å². The Labute approximate surface area is 206 Å². The number of para-hydroxylation sites is 1. The molecule has 2 aromatic carbocycles. The van der Waals surface area contributed by atoms with Crippen LogP contribution < -0.4 is 21.4 Å². The molecule has 3 N–H and O–H groups in total. The van der Waals surface area contributed by atoms with Gasteiger partial charge < -0.3 is 19.5 Å². The number of anilines is 1. The van der Waals surface area contributed by atoms with Crippen LogP contribution in [0.25, 0.3) is 11.2 Å². The van der Waals surface area contributed by atoms with Crippen LogP contribution in [0, 0.1) is 6.92 Å². The number of phenols is 1. The first-order valence-corrected chi connectivity index (χ1v) is 11.3. The molecule has 0 radical (unpaired) electrons. The molecule has 2 heterocycles. The summed E-state index contributed by atoms with van der Waals surface area (Å²) >= 11 is 0. The van der Waals surface area contributed by atoms with Gasteiger partial charge in [0.25, 0.3) is 5.56 Å². The van der Waals surface area contributed by atoms with E-state index >= 15 is 0 Å². The van der Waals surface area contributed by atoms with Gasteiger partial charge in [-0.15, -0.1) is 0 Å². The zero-order valence-electron chi connectivity index (χ0n) is 20.5. The minimum atomic E-state index is -0.994. The van der Waals surface area contributed by atoms with E-state index in [2.05, 4.69) is 15.5 Å². The number of phenolic OH excluding ortho intramolecular Hbond substituents is 1. The number of aliphatic hydroxyl groups excluding tert-OH is 1. The van der Waals surface area contributed by atoms with Gasteiger partial charge in [0, 0.05) is 14.1 Å². The molecule has 0 spiro atoms. The van der Waals surface area contributed by atoms with Crippen LogP contribution in [0.5, 0.6) is 11.5 Å². The Morgan fingerprint density at radius 2 is 1.81 bits per heavy atom. The summed E-state index contributed by atoms with van der Waals surface area (Å²) in [6.45, 7) is 3.62. The van der Waals surface area contributed by atoms with Gasteiger partial charge >= 0.3 is 5.69 Å². The molecule has 4 rings (SSSR count). The first-order chi connectivity index (χ1) is 17.2. The Kier molecular flexibility index (Phi) is 6.93. The molecule has 0 unspecified atom stereocenters. The number of imidazole rings is 1. The molecule has 0 fully saturated rings. The standard InChI is InChI=1S/C25H28N6O5/c1-15-7-5-6-8-20(15)36-14-19(33)13-31-21-22(29(3)25(35)30(4)23(21)34)26-24(31)28-27-16(2)17-9-11-18(32)12-10-17/h5-12,19,32-33H,13-14H2,1-4H3,(H,26,28)/b27-16-/t19-/m0/s1. The number of rotatable bonds is 8. The molecule has 0 saturated carbocycles. The smallest absolute Gasteiger partial charge is 0.332 e. The Balaban J connectivity index is 1.69. The molecule has 4 aromatic rings. The summed E-state index contributed by atoms with van der Waals surface area (Å²) in [6.07, 6.45) is -0.994. The third-order valence-corrected chi connectivity index (χ3v) is 5.87. The van der Waals surface area contributed by atoms with E-state index in [4.69, 9.17) is 4.74 Å². The molecule has 11 nitrogen and oxygen atoms in total. The SMILES string of the molecule is C/C(=N/Nc1nc2c(c(=O)n(C)c(=O)n2C)n1C[C@H](O)COc1ccccc1C)c1ccc(O)cc1. The molecule has 1 atom stereocenters. The van der Waals surface area contributed by atoms with Crippen molar-refractivity contribution in [1.82, 2.24) is 18.7 Å². The normalized spacial score (nSPS) is 12.6. The van der Waals surface area contributed by atoms with Crippen LogP contribution in [0.2, 0.25) is 0 Å². The fraction of sp³-hybridized carbons (Fsp3) is 0.280. The van der Waals surface area contributed by atoms with Crippen molar-refractivity contribution in [3.05, 3.63) is 80.5 Å². The summed E-state index contributed by atoms with van der Waals surface area (Å²) in [6, 6.07) is 14.0. The number of aromatic nitrogens is 4. The first-order valence-electron chi connectivity index (χ1n) is 11.3. The molecule has 11 heteroatoms. The van der Waals surface area contributed by atoms with E-state index in [1.807, 2.05) is 31.2 Å². The highest BCUT2D eigenvalue weighted by Crippen LogP contribution is 2.19. The molecule has 2 aromatic heterocycles. The predicted octanol–water partition coefficient (Wildman–Crippen LogP) is 1.72. The van der Waals surface area contributed by atoms with Crippen molar-refractivity contribution in [3.8, 4) is 11.5 Å². The summed E-state index contributed by atoms with van der Waals surface area (Å²) in [5, 5.41) is 24.7. The Morgan fingerprint density at radius 3 is 2.50 bits per heavy atom. The Bertz CT molecular complexity index is 1550. The van der Waals surface area contributed by atoms with Gasteiger partial charge in [0.2, 0.25) is 5.95 Å². The van der Waals surface area contributed by atoms with E-state index in [-0.39, 0.29) is 36.0 Å². The molecule has 188 valence electrons. The lowest BCUT2D eigenvalue weighted by Gasteiger charge is -2.16. The largest absolute Gasteiger partial charge is 0.508 e. The maximum absolute atomic E-state index is 13.0. The second-order valence-electron chi connectivity index (χ2n) is 8.51. The highest BCUT2D eigenvalue weighted by atomic mass is 16.5.